The molecule has 0 spiro atoms. The summed E-state index contributed by atoms with van der Waals surface area (Å²) in [4.78, 5) is 190. The van der Waals surface area contributed by atoms with Gasteiger partial charge >= 0.3 is 40.7 Å². The molecule has 0 heterocycles. The number of hydrogen-bond acceptors (Lipinski definition) is 21. The molecule has 18 N–H and O–H groups in total. The second kappa shape index (κ2) is 80.6. The zero-order valence-corrected chi connectivity index (χ0v) is 90.1. The Balaban J connectivity index is -0.000000172. The lowest BCUT2D eigenvalue weighted by Gasteiger charge is -2.21. The highest BCUT2D eigenvalue weighted by molar-refractivity contribution is 7.53. The highest BCUT2D eigenvalue weighted by Gasteiger charge is 2.31. The number of Topliss-reactive ketones (excluding diaryl/α,β-unsaturated/α-hetero) is 3. The third-order valence-electron chi connectivity index (χ3n) is 22.5. The third-order valence-corrected chi connectivity index (χ3v) is 27.0. The number of nitrogens with two attached hydrogens (primary N) is 3. The second-order valence-corrected chi connectivity index (χ2v) is 43.4. The molecular formula is C102H194N9O24P3. The maximum absolute atomic E-state index is 12.2. The van der Waals surface area contributed by atoms with Crippen molar-refractivity contribution in [2.75, 3.05) is 75.5 Å². The van der Waals surface area contributed by atoms with Gasteiger partial charge in [0.2, 0.25) is 35.4 Å². The topological polar surface area (TPSA) is 555 Å². The smallest absolute Gasteiger partial charge is 0.333 e. The standard InChI is InChI=1S/C21H29NO4.C19H33NO4.C17H29NO4.C12H18N2O.C10H22N2O.C8H18N2O.3C4H11O3P.3CH4/c1-6-21(4,5)20(25)22-17-11-9-16(10-12-17)14-18(23)8-7-13-26-19(24)15(2)3;1-6-19(4,5)18(23)20-13-9-7-8-11-16(21)12-10-14-24-17(22)15(2)3;1-6-17(4,5)16(21)18-11-7-9-14(19)10-8-12-22-15(20)13(2)3;1-4-12(2,3)11(15)14-10-7-5-9(13)6-8-10;1-4-10(2,3)9(13)12-8-6-5-7-11;1-4-8(2,3)7(11)10-6-5-9;3*1-3-4(2)8(5,6)7;;;/h9-12H,2,6-8,13-14H2,1,3-5H3,(H,22,25);2,6-14H2,1,3-5H3,(H,20,23);2,6-12H2,1,3-5H3,(H,18,21);5-8H,4,13H2,1-3H3,(H,14,15);4-8,11H2,1-3H3,(H,12,13);4-6,9H2,1-3H3,(H,10,11);3*4H,3H2,1-2H3,(H2,5,6,7);3*1H4. The van der Waals surface area contributed by atoms with Gasteiger partial charge < -0.3 is 92.7 Å². The molecule has 0 saturated carbocycles. The summed E-state index contributed by atoms with van der Waals surface area (Å²) >= 11 is 0. The van der Waals surface area contributed by atoms with Crippen molar-refractivity contribution in [1.82, 2.24) is 21.3 Å². The van der Waals surface area contributed by atoms with Crippen LogP contribution in [0.5, 0.6) is 0 Å². The minimum atomic E-state index is -3.76. The lowest BCUT2D eigenvalue weighted by atomic mass is 9.89. The van der Waals surface area contributed by atoms with Gasteiger partial charge in [-0.25, -0.2) is 14.4 Å². The summed E-state index contributed by atoms with van der Waals surface area (Å²) in [6.07, 6.45) is 15.8. The molecule has 0 aliphatic rings. The normalized spacial score (nSPS) is 11.7. The van der Waals surface area contributed by atoms with Crippen molar-refractivity contribution in [2.45, 2.75) is 380 Å². The molecule has 3 atom stereocenters. The number of rotatable bonds is 53. The van der Waals surface area contributed by atoms with Crippen LogP contribution in [0.15, 0.2) is 85.0 Å². The highest BCUT2D eigenvalue weighted by atomic mass is 31.2. The molecule has 2 aromatic rings. The fourth-order valence-corrected chi connectivity index (χ4v) is 10.1. The van der Waals surface area contributed by atoms with E-state index in [1.165, 1.54) is 0 Å². The molecule has 0 aliphatic carbocycles. The number of carbonyl (C=O) groups is 12. The Hall–Kier alpha value is -7.93. The molecule has 6 amide bonds. The van der Waals surface area contributed by atoms with Gasteiger partial charge in [-0.15, -0.1) is 0 Å². The number of amides is 6. The number of unbranched alkanes of at least 4 members (excludes halogenated alkanes) is 3. The Morgan fingerprint density at radius 3 is 0.826 bits per heavy atom. The molecule has 0 bridgehead atoms. The minimum Gasteiger partial charge on any atom is -0.462 e. The van der Waals surface area contributed by atoms with Crippen LogP contribution < -0.4 is 49.1 Å². The van der Waals surface area contributed by atoms with Gasteiger partial charge in [-0.1, -0.05) is 227 Å². The maximum atomic E-state index is 12.2. The number of ether oxygens (including phenoxy) is 3. The summed E-state index contributed by atoms with van der Waals surface area (Å²) in [7, 11) is -11.3. The molecule has 0 aliphatic heterocycles. The van der Waals surface area contributed by atoms with E-state index in [1.54, 1.807) is 98.7 Å². The number of benzene rings is 2. The van der Waals surface area contributed by atoms with E-state index in [9.17, 15) is 71.2 Å². The van der Waals surface area contributed by atoms with Crippen molar-refractivity contribution in [1.29, 1.82) is 0 Å². The van der Waals surface area contributed by atoms with Gasteiger partial charge in [-0.2, -0.15) is 0 Å². The first-order valence-electron chi connectivity index (χ1n) is 47.3. The number of ketones is 3. The average molecular weight is 2020 g/mol. The van der Waals surface area contributed by atoms with E-state index in [-0.39, 0.29) is 122 Å². The molecular weight excluding hydrogens is 1830 g/mol. The van der Waals surface area contributed by atoms with Gasteiger partial charge in [0.25, 0.3) is 0 Å². The second-order valence-electron chi connectivity index (χ2n) is 37.3. The van der Waals surface area contributed by atoms with Crippen molar-refractivity contribution in [2.24, 2.45) is 44.0 Å². The van der Waals surface area contributed by atoms with Crippen molar-refractivity contribution >= 4 is 111 Å². The van der Waals surface area contributed by atoms with Crippen LogP contribution in [-0.4, -0.2) is 176 Å². The number of nitrogens with one attached hydrogen (secondary N) is 6. The van der Waals surface area contributed by atoms with E-state index < -0.39 is 63.1 Å². The Labute approximate surface area is 832 Å². The van der Waals surface area contributed by atoms with Crippen LogP contribution in [0.1, 0.15) is 362 Å². The number of anilines is 3. The molecule has 33 nitrogen and oxygen atoms in total. The monoisotopic (exact) mass is 2020 g/mol. The van der Waals surface area contributed by atoms with Gasteiger partial charge in [0.05, 0.1) is 36.8 Å². The van der Waals surface area contributed by atoms with E-state index in [4.69, 9.17) is 60.8 Å². The predicted octanol–water partition coefficient (Wildman–Crippen LogP) is 19.6. The zero-order valence-electron chi connectivity index (χ0n) is 87.4. The Morgan fingerprint density at radius 1 is 0.341 bits per heavy atom. The van der Waals surface area contributed by atoms with Crippen molar-refractivity contribution in [3.63, 3.8) is 0 Å². The van der Waals surface area contributed by atoms with E-state index in [2.05, 4.69) is 51.6 Å². The largest absolute Gasteiger partial charge is 0.462 e. The predicted molar refractivity (Wildman–Crippen MR) is 565 cm³/mol. The lowest BCUT2D eigenvalue weighted by Crippen LogP contribution is -2.38. The van der Waals surface area contributed by atoms with Gasteiger partial charge in [0.1, 0.15) is 17.3 Å². The van der Waals surface area contributed by atoms with Crippen LogP contribution in [0.25, 0.3) is 0 Å². The Kier molecular flexibility index (Phi) is 87.8. The van der Waals surface area contributed by atoms with Crippen molar-refractivity contribution < 1.29 is 115 Å². The zero-order chi connectivity index (χ0) is 107. The van der Waals surface area contributed by atoms with Crippen LogP contribution in [0.2, 0.25) is 0 Å². The van der Waals surface area contributed by atoms with Gasteiger partial charge in [0, 0.05) is 138 Å². The van der Waals surface area contributed by atoms with Gasteiger partial charge in [0.15, 0.2) is 0 Å². The molecule has 0 aromatic heterocycles. The molecule has 806 valence electrons. The first kappa shape index (κ1) is 150. The summed E-state index contributed by atoms with van der Waals surface area (Å²) in [5, 5.41) is 17.2. The summed E-state index contributed by atoms with van der Waals surface area (Å²) in [5.74, 6) is -0.501. The van der Waals surface area contributed by atoms with E-state index in [0.717, 1.165) is 94.1 Å². The molecule has 3 unspecified atom stereocenters. The fourth-order valence-electron chi connectivity index (χ4n) is 8.72. The van der Waals surface area contributed by atoms with Crippen LogP contribution in [0.4, 0.5) is 17.1 Å². The summed E-state index contributed by atoms with van der Waals surface area (Å²) < 4.78 is 45.6. The number of hydrogen-bond donors (Lipinski definition) is 15. The van der Waals surface area contributed by atoms with E-state index in [0.29, 0.717) is 139 Å². The quantitative estimate of drug-likeness (QED) is 0.00730. The SMILES string of the molecule is C.C.C.C=C(C)C(=O)OCCCC(=O)CCCCCNC(=O)C(C)(C)CC.C=C(C)C(=O)OCCCC(=O)CCCNC(=O)C(C)(C)CC.C=C(C)C(=O)OCCCC(=O)Cc1ccc(NC(=O)C(C)(C)CC)cc1.CCC(C)(C)C(=O)NCCCCN.CCC(C)(C)C(=O)NCCN.CCC(C)(C)C(=O)Nc1ccc(N)cc1.CCC(C)P(=O)(O)O.CCC(C)P(=O)(O)O.CCC(C)P(=O)(O)O. The van der Waals surface area contributed by atoms with Crippen molar-refractivity contribution in [3.8, 4) is 0 Å². The molecule has 0 fully saturated rings. The number of esters is 3. The van der Waals surface area contributed by atoms with Crippen LogP contribution in [-0.2, 0) is 91.9 Å². The molecule has 36 heteroatoms. The molecule has 2 aromatic carbocycles. The summed E-state index contributed by atoms with van der Waals surface area (Å²) in [5.41, 5.74) is 17.0. The summed E-state index contributed by atoms with van der Waals surface area (Å²) in [6.45, 7) is 64.7. The highest BCUT2D eigenvalue weighted by Crippen LogP contribution is 2.44. The van der Waals surface area contributed by atoms with Gasteiger partial charge in [-0.05, 0) is 178 Å². The molecule has 138 heavy (non-hydrogen) atoms. The summed E-state index contributed by atoms with van der Waals surface area (Å²) in [6, 6.07) is 14.4. The molecule has 0 saturated heterocycles. The van der Waals surface area contributed by atoms with Crippen LogP contribution in [0, 0.1) is 32.5 Å². The number of nitrogen functional groups attached to an aromatic ring is 1. The van der Waals surface area contributed by atoms with Gasteiger partial charge in [-0.3, -0.25) is 56.8 Å². The third kappa shape index (κ3) is 79.7. The Bertz CT molecular complexity index is 3900. The van der Waals surface area contributed by atoms with E-state index in [1.807, 2.05) is 137 Å². The van der Waals surface area contributed by atoms with Crippen LogP contribution in [0.3, 0.4) is 0 Å². The number of carbonyl (C=O) groups excluding carboxylic acids is 12. The van der Waals surface area contributed by atoms with Crippen molar-refractivity contribution in [3.05, 3.63) is 90.6 Å². The lowest BCUT2D eigenvalue weighted by molar-refractivity contribution is -0.140. The first-order chi connectivity index (χ1) is 62.0. The van der Waals surface area contributed by atoms with Crippen LogP contribution >= 0.6 is 22.8 Å². The maximum Gasteiger partial charge on any atom is 0.333 e. The molecule has 2 rings (SSSR count). The minimum absolute atomic E-state index is 0. The van der Waals surface area contributed by atoms with E-state index >= 15 is 0 Å². The Morgan fingerprint density at radius 2 is 0.580 bits per heavy atom. The average Bonchev–Trinajstić information content (AvgIpc) is 0.863. The first-order valence-corrected chi connectivity index (χ1v) is 52.4. The molecule has 0 radical (unpaired) electrons. The fraction of sp³-hybridized carbons (Fsp3) is 0.706.